The molecule has 2 aromatic rings. The molecule has 152 valence electrons. The Morgan fingerprint density at radius 1 is 0.931 bits per heavy atom. The molecule has 0 fully saturated rings. The van der Waals surface area contributed by atoms with Crippen LogP contribution in [0.1, 0.15) is 44.7 Å². The smallest absolute Gasteiger partial charge is 0.306 e. The van der Waals surface area contributed by atoms with Crippen molar-refractivity contribution in [2.45, 2.75) is 26.7 Å². The van der Waals surface area contributed by atoms with E-state index in [1.165, 1.54) is 13.2 Å². The molecule has 2 rings (SSSR count). The number of ether oxygens (including phenoxy) is 2. The number of para-hydroxylation sites is 1. The second-order valence-corrected chi connectivity index (χ2v) is 6.46. The van der Waals surface area contributed by atoms with Gasteiger partial charge in [0.05, 0.1) is 19.1 Å². The van der Waals surface area contributed by atoms with Gasteiger partial charge in [-0.15, -0.1) is 0 Å². The fourth-order valence-electron chi connectivity index (χ4n) is 2.56. The molecule has 0 aliphatic heterocycles. The molecule has 0 unspecified atom stereocenters. The van der Waals surface area contributed by atoms with Gasteiger partial charge in [0.2, 0.25) is 0 Å². The zero-order valence-electron chi connectivity index (χ0n) is 16.6. The lowest BCUT2D eigenvalue weighted by atomic mass is 10.0. The summed E-state index contributed by atoms with van der Waals surface area (Å²) in [4.78, 5) is 47.9. The molecule has 1 N–H and O–H groups in total. The van der Waals surface area contributed by atoms with Crippen molar-refractivity contribution in [3.63, 3.8) is 0 Å². The van der Waals surface area contributed by atoms with Crippen LogP contribution in [-0.4, -0.2) is 37.3 Å². The van der Waals surface area contributed by atoms with Crippen molar-refractivity contribution in [2.24, 2.45) is 0 Å². The van der Waals surface area contributed by atoms with E-state index in [1.54, 1.807) is 30.3 Å². The number of methoxy groups -OCH3 is 1. The third-order valence-corrected chi connectivity index (χ3v) is 4.35. The Labute approximate surface area is 169 Å². The standard InChI is InChI=1S/C22H23NO6/c1-14-8-9-16(12-15(14)2)18(24)10-11-21(26)29-13-20(25)23-22(27)17-6-4-5-7-19(17)28-3/h4-9,12H,10-11,13H2,1-3H3,(H,23,25,27). The summed E-state index contributed by atoms with van der Waals surface area (Å²) in [6.45, 7) is 3.24. The first kappa shape index (κ1) is 21.8. The SMILES string of the molecule is COc1ccccc1C(=O)NC(=O)COC(=O)CCC(=O)c1ccc(C)c(C)c1. The van der Waals surface area contributed by atoms with E-state index in [0.717, 1.165) is 11.1 Å². The Bertz CT molecular complexity index is 935. The number of esters is 1. The molecular weight excluding hydrogens is 374 g/mol. The predicted octanol–water partition coefficient (Wildman–Crippen LogP) is 2.77. The van der Waals surface area contributed by atoms with Gasteiger partial charge in [-0.1, -0.05) is 24.3 Å². The summed E-state index contributed by atoms with van der Waals surface area (Å²) in [5, 5.41) is 2.13. The minimum absolute atomic E-state index is 0.0247. The van der Waals surface area contributed by atoms with Gasteiger partial charge in [-0.3, -0.25) is 24.5 Å². The highest BCUT2D eigenvalue weighted by atomic mass is 16.5. The first-order valence-electron chi connectivity index (χ1n) is 9.05. The van der Waals surface area contributed by atoms with Crippen LogP contribution in [0.2, 0.25) is 0 Å². The van der Waals surface area contributed by atoms with Crippen molar-refractivity contribution in [2.75, 3.05) is 13.7 Å². The lowest BCUT2D eigenvalue weighted by molar-refractivity contribution is -0.148. The number of benzene rings is 2. The fourth-order valence-corrected chi connectivity index (χ4v) is 2.56. The zero-order valence-corrected chi connectivity index (χ0v) is 16.6. The van der Waals surface area contributed by atoms with Crippen LogP contribution in [0.15, 0.2) is 42.5 Å². The number of aryl methyl sites for hydroxylation is 2. The summed E-state index contributed by atoms with van der Waals surface area (Å²) in [7, 11) is 1.41. The van der Waals surface area contributed by atoms with Crippen LogP contribution >= 0.6 is 0 Å². The van der Waals surface area contributed by atoms with Gasteiger partial charge in [-0.25, -0.2) is 0 Å². The summed E-state index contributed by atoms with van der Waals surface area (Å²) < 4.78 is 9.90. The molecule has 0 heterocycles. The van der Waals surface area contributed by atoms with E-state index >= 15 is 0 Å². The lowest BCUT2D eigenvalue weighted by Gasteiger charge is -2.09. The van der Waals surface area contributed by atoms with Crippen molar-refractivity contribution in [3.8, 4) is 5.75 Å². The summed E-state index contributed by atoms with van der Waals surface area (Å²) >= 11 is 0. The number of carbonyl (C=O) groups is 4. The highest BCUT2D eigenvalue weighted by Crippen LogP contribution is 2.16. The normalized spacial score (nSPS) is 10.2. The number of imide groups is 1. The van der Waals surface area contributed by atoms with Crippen LogP contribution in [0.4, 0.5) is 0 Å². The van der Waals surface area contributed by atoms with E-state index in [-0.39, 0.29) is 24.2 Å². The van der Waals surface area contributed by atoms with Gasteiger partial charge in [-0.05, 0) is 43.2 Å². The Morgan fingerprint density at radius 3 is 2.34 bits per heavy atom. The third kappa shape index (κ3) is 6.27. The molecule has 2 amide bonds. The lowest BCUT2D eigenvalue weighted by Crippen LogP contribution is -2.34. The Kier molecular flexibility index (Phi) is 7.65. The molecule has 0 aromatic heterocycles. The maximum atomic E-state index is 12.2. The number of amides is 2. The number of Topliss-reactive ketones (excluding diaryl/α,β-unsaturated/α-hetero) is 1. The maximum absolute atomic E-state index is 12.2. The van der Waals surface area contributed by atoms with Crippen LogP contribution in [0, 0.1) is 13.8 Å². The zero-order chi connectivity index (χ0) is 21.4. The second-order valence-electron chi connectivity index (χ2n) is 6.46. The van der Waals surface area contributed by atoms with Crippen LogP contribution in [0.5, 0.6) is 5.75 Å². The third-order valence-electron chi connectivity index (χ3n) is 4.35. The van der Waals surface area contributed by atoms with Crippen molar-refractivity contribution in [1.82, 2.24) is 5.32 Å². The van der Waals surface area contributed by atoms with E-state index in [1.807, 2.05) is 19.9 Å². The maximum Gasteiger partial charge on any atom is 0.306 e. The fraction of sp³-hybridized carbons (Fsp3) is 0.273. The van der Waals surface area contributed by atoms with Crippen LogP contribution < -0.4 is 10.1 Å². The molecule has 0 spiro atoms. The molecule has 0 saturated heterocycles. The number of hydrogen-bond donors (Lipinski definition) is 1. The average molecular weight is 397 g/mol. The molecule has 0 saturated carbocycles. The van der Waals surface area contributed by atoms with Crippen molar-refractivity contribution >= 4 is 23.6 Å². The Balaban J connectivity index is 1.78. The number of ketones is 1. The molecular formula is C22H23NO6. The second kappa shape index (κ2) is 10.2. The molecule has 29 heavy (non-hydrogen) atoms. The minimum atomic E-state index is -0.769. The van der Waals surface area contributed by atoms with Gasteiger partial charge in [0, 0.05) is 12.0 Å². The van der Waals surface area contributed by atoms with E-state index in [4.69, 9.17) is 9.47 Å². The molecule has 0 bridgehead atoms. The van der Waals surface area contributed by atoms with Crippen molar-refractivity contribution in [3.05, 3.63) is 64.7 Å². The summed E-state index contributed by atoms with van der Waals surface area (Å²) in [5.41, 5.74) is 2.79. The van der Waals surface area contributed by atoms with Crippen LogP contribution in [0.3, 0.4) is 0 Å². The molecule has 2 aromatic carbocycles. The van der Waals surface area contributed by atoms with Gasteiger partial charge in [0.15, 0.2) is 12.4 Å². The highest BCUT2D eigenvalue weighted by Gasteiger charge is 2.16. The van der Waals surface area contributed by atoms with E-state index in [9.17, 15) is 19.2 Å². The molecule has 0 radical (unpaired) electrons. The molecule has 7 heteroatoms. The Morgan fingerprint density at radius 2 is 1.66 bits per heavy atom. The van der Waals surface area contributed by atoms with Gasteiger partial charge in [0.25, 0.3) is 11.8 Å². The van der Waals surface area contributed by atoms with Gasteiger partial charge >= 0.3 is 5.97 Å². The van der Waals surface area contributed by atoms with E-state index in [0.29, 0.717) is 11.3 Å². The average Bonchev–Trinajstić information content (AvgIpc) is 2.72. The van der Waals surface area contributed by atoms with E-state index in [2.05, 4.69) is 5.32 Å². The van der Waals surface area contributed by atoms with Gasteiger partial charge < -0.3 is 9.47 Å². The molecule has 0 aliphatic carbocycles. The first-order valence-corrected chi connectivity index (χ1v) is 9.05. The summed E-state index contributed by atoms with van der Waals surface area (Å²) in [6, 6.07) is 11.8. The number of rotatable bonds is 8. The molecule has 0 atom stereocenters. The predicted molar refractivity (Wildman–Crippen MR) is 106 cm³/mol. The van der Waals surface area contributed by atoms with Crippen molar-refractivity contribution < 1.29 is 28.7 Å². The highest BCUT2D eigenvalue weighted by molar-refractivity contribution is 6.06. The number of carbonyl (C=O) groups excluding carboxylic acids is 4. The van der Waals surface area contributed by atoms with E-state index < -0.39 is 24.4 Å². The first-order chi connectivity index (χ1) is 13.8. The quantitative estimate of drug-likeness (QED) is 0.543. The summed E-state index contributed by atoms with van der Waals surface area (Å²) in [6.07, 6.45) is -0.178. The van der Waals surface area contributed by atoms with Crippen molar-refractivity contribution in [1.29, 1.82) is 0 Å². The molecule has 7 nitrogen and oxygen atoms in total. The minimum Gasteiger partial charge on any atom is -0.496 e. The van der Waals surface area contributed by atoms with Crippen LogP contribution in [0.25, 0.3) is 0 Å². The topological polar surface area (TPSA) is 98.8 Å². The number of hydrogen-bond acceptors (Lipinski definition) is 6. The monoisotopic (exact) mass is 397 g/mol. The van der Waals surface area contributed by atoms with Gasteiger partial charge in [-0.2, -0.15) is 0 Å². The molecule has 0 aliphatic rings. The number of nitrogens with one attached hydrogen (secondary N) is 1. The largest absolute Gasteiger partial charge is 0.496 e. The Hall–Kier alpha value is -3.48. The summed E-state index contributed by atoms with van der Waals surface area (Å²) in [5.74, 6) is -1.98. The van der Waals surface area contributed by atoms with Gasteiger partial charge in [0.1, 0.15) is 5.75 Å². The van der Waals surface area contributed by atoms with Crippen LogP contribution in [-0.2, 0) is 14.3 Å².